The average Bonchev–Trinajstić information content (AvgIpc) is 3.64. The van der Waals surface area contributed by atoms with Gasteiger partial charge in [-0.2, -0.15) is 5.10 Å². The van der Waals surface area contributed by atoms with E-state index >= 15 is 0 Å². The maximum atomic E-state index is 13.2. The van der Waals surface area contributed by atoms with Gasteiger partial charge >= 0.3 is 0 Å². The molecular weight excluding hydrogens is 454 g/mol. The number of anilines is 1. The Balaban J connectivity index is 1.29. The summed E-state index contributed by atoms with van der Waals surface area (Å²) in [5, 5.41) is 12.2. The first-order chi connectivity index (χ1) is 17.7. The van der Waals surface area contributed by atoms with Crippen LogP contribution in [0, 0.1) is 0 Å². The van der Waals surface area contributed by atoms with Gasteiger partial charge in [-0.1, -0.05) is 25.1 Å². The molecule has 5 aromatic rings. The van der Waals surface area contributed by atoms with E-state index in [1.807, 2.05) is 65.5 Å². The molecule has 5 heterocycles. The number of pyridine rings is 2. The van der Waals surface area contributed by atoms with E-state index in [2.05, 4.69) is 22.5 Å². The number of imidazole rings is 1. The molecule has 2 N–H and O–H groups in total. The minimum absolute atomic E-state index is 0.157. The highest BCUT2D eigenvalue weighted by Gasteiger charge is 2.19. The van der Waals surface area contributed by atoms with E-state index in [9.17, 15) is 4.79 Å². The number of hydrogen-bond acceptors (Lipinski definition) is 6. The molecule has 0 saturated carbocycles. The second-order valence-corrected chi connectivity index (χ2v) is 8.88. The summed E-state index contributed by atoms with van der Waals surface area (Å²) in [6, 6.07) is 17.4. The first-order valence-electron chi connectivity index (χ1n) is 12.2. The Labute approximate surface area is 208 Å². The predicted octanol–water partition coefficient (Wildman–Crippen LogP) is 3.68. The lowest BCUT2D eigenvalue weighted by atomic mass is 10.1. The molecule has 1 aliphatic rings. The van der Waals surface area contributed by atoms with Gasteiger partial charge in [0.1, 0.15) is 17.4 Å². The SMILES string of the molecule is CCc1nn(Cc2cccc(OC3CCNC3)n2)c2cccc(NC(=O)c3cnc4ccccn34)c12. The van der Waals surface area contributed by atoms with Crippen molar-refractivity contribution in [3.63, 3.8) is 0 Å². The molecule has 182 valence electrons. The van der Waals surface area contributed by atoms with Gasteiger partial charge in [0.2, 0.25) is 5.88 Å². The van der Waals surface area contributed by atoms with Crippen LogP contribution in [-0.4, -0.2) is 49.2 Å². The number of benzene rings is 1. The highest BCUT2D eigenvalue weighted by atomic mass is 16.5. The molecule has 1 fully saturated rings. The average molecular weight is 482 g/mol. The maximum Gasteiger partial charge on any atom is 0.274 e. The van der Waals surface area contributed by atoms with Crippen LogP contribution in [0.3, 0.4) is 0 Å². The number of fused-ring (bicyclic) bond motifs is 2. The predicted molar refractivity (Wildman–Crippen MR) is 137 cm³/mol. The van der Waals surface area contributed by atoms with Crippen LogP contribution in [0.25, 0.3) is 16.6 Å². The number of ether oxygens (including phenoxy) is 1. The first-order valence-corrected chi connectivity index (χ1v) is 12.2. The maximum absolute atomic E-state index is 13.2. The summed E-state index contributed by atoms with van der Waals surface area (Å²) in [6.07, 6.45) is 5.30. The molecule has 1 atom stereocenters. The van der Waals surface area contributed by atoms with Crippen LogP contribution >= 0.6 is 0 Å². The quantitative estimate of drug-likeness (QED) is 0.368. The van der Waals surface area contributed by atoms with Gasteiger partial charge < -0.3 is 15.4 Å². The smallest absolute Gasteiger partial charge is 0.274 e. The molecule has 36 heavy (non-hydrogen) atoms. The Bertz CT molecular complexity index is 1550. The molecule has 4 aromatic heterocycles. The van der Waals surface area contributed by atoms with Gasteiger partial charge in [0.05, 0.1) is 35.3 Å². The Morgan fingerprint density at radius 2 is 2.08 bits per heavy atom. The summed E-state index contributed by atoms with van der Waals surface area (Å²) in [5.41, 5.74) is 4.66. The van der Waals surface area contributed by atoms with Crippen LogP contribution in [0.1, 0.15) is 35.2 Å². The van der Waals surface area contributed by atoms with Crippen LogP contribution in [0.15, 0.2) is 67.0 Å². The molecule has 1 aromatic carbocycles. The minimum atomic E-state index is -0.219. The number of carbonyl (C=O) groups excluding carboxylic acids is 1. The lowest BCUT2D eigenvalue weighted by molar-refractivity contribution is 0.102. The largest absolute Gasteiger partial charge is 0.473 e. The van der Waals surface area contributed by atoms with Gasteiger partial charge in [0.25, 0.3) is 5.91 Å². The van der Waals surface area contributed by atoms with Crippen molar-refractivity contribution in [3.05, 3.63) is 84.1 Å². The highest BCUT2D eigenvalue weighted by molar-refractivity contribution is 6.08. The second kappa shape index (κ2) is 9.43. The number of aryl methyl sites for hydroxylation is 1. The van der Waals surface area contributed by atoms with Gasteiger partial charge in [-0.3, -0.25) is 13.9 Å². The van der Waals surface area contributed by atoms with Gasteiger partial charge in [-0.05, 0) is 49.7 Å². The minimum Gasteiger partial charge on any atom is -0.473 e. The van der Waals surface area contributed by atoms with Gasteiger partial charge in [0.15, 0.2) is 0 Å². The molecule has 1 unspecified atom stereocenters. The molecule has 1 amide bonds. The fourth-order valence-electron chi connectivity index (χ4n) is 4.73. The third-order valence-electron chi connectivity index (χ3n) is 6.48. The zero-order chi connectivity index (χ0) is 24.5. The standard InChI is InChI=1S/C27H27N7O2/c1-2-20-26-21(31-27(35)23-16-29-24-10-3-4-14-33(23)24)8-6-9-22(26)34(32-20)17-18-7-5-11-25(30-18)36-19-12-13-28-15-19/h3-11,14,16,19,28H,2,12-13,15,17H2,1H3,(H,31,35). The number of aromatic nitrogens is 5. The van der Waals surface area contributed by atoms with Crippen LogP contribution in [0.5, 0.6) is 5.88 Å². The number of amides is 1. The third-order valence-corrected chi connectivity index (χ3v) is 6.48. The first kappa shape index (κ1) is 22.2. The van der Waals surface area contributed by atoms with Crippen molar-refractivity contribution in [3.8, 4) is 5.88 Å². The van der Waals surface area contributed by atoms with E-state index in [0.29, 0.717) is 18.1 Å². The highest BCUT2D eigenvalue weighted by Crippen LogP contribution is 2.29. The fraction of sp³-hybridized carbons (Fsp3) is 0.259. The third kappa shape index (κ3) is 4.18. The van der Waals surface area contributed by atoms with Gasteiger partial charge in [0, 0.05) is 24.2 Å². The summed E-state index contributed by atoms with van der Waals surface area (Å²) < 4.78 is 9.76. The van der Waals surface area contributed by atoms with Crippen molar-refractivity contribution in [1.82, 2.24) is 29.5 Å². The van der Waals surface area contributed by atoms with E-state index in [1.54, 1.807) is 10.6 Å². The molecule has 9 nitrogen and oxygen atoms in total. The molecule has 0 spiro atoms. The van der Waals surface area contributed by atoms with E-state index in [1.165, 1.54) is 0 Å². The van der Waals surface area contributed by atoms with Crippen LogP contribution in [-0.2, 0) is 13.0 Å². The monoisotopic (exact) mass is 481 g/mol. The fourth-order valence-corrected chi connectivity index (χ4v) is 4.73. The molecule has 0 aliphatic carbocycles. The number of rotatable bonds is 7. The summed E-state index contributed by atoms with van der Waals surface area (Å²) in [6.45, 7) is 4.39. The normalized spacial score (nSPS) is 15.5. The number of hydrogen-bond donors (Lipinski definition) is 2. The molecule has 0 radical (unpaired) electrons. The zero-order valence-corrected chi connectivity index (χ0v) is 20.0. The lowest BCUT2D eigenvalue weighted by Gasteiger charge is -2.12. The lowest BCUT2D eigenvalue weighted by Crippen LogP contribution is -2.20. The van der Waals surface area contributed by atoms with Crippen molar-refractivity contribution in [2.45, 2.75) is 32.4 Å². The number of nitrogens with one attached hydrogen (secondary N) is 2. The van der Waals surface area contributed by atoms with E-state index < -0.39 is 0 Å². The summed E-state index contributed by atoms with van der Waals surface area (Å²) in [7, 11) is 0. The summed E-state index contributed by atoms with van der Waals surface area (Å²) in [4.78, 5) is 22.2. The molecule has 6 rings (SSSR count). The summed E-state index contributed by atoms with van der Waals surface area (Å²) >= 11 is 0. The van der Waals surface area contributed by atoms with Crippen molar-refractivity contribution < 1.29 is 9.53 Å². The van der Waals surface area contributed by atoms with Crippen molar-refractivity contribution in [1.29, 1.82) is 0 Å². The van der Waals surface area contributed by atoms with Crippen LogP contribution < -0.4 is 15.4 Å². The van der Waals surface area contributed by atoms with Crippen LogP contribution in [0.2, 0.25) is 0 Å². The molecule has 0 bridgehead atoms. The van der Waals surface area contributed by atoms with Gasteiger partial charge in [-0.25, -0.2) is 9.97 Å². The van der Waals surface area contributed by atoms with Gasteiger partial charge in [-0.15, -0.1) is 0 Å². The Kier molecular flexibility index (Phi) is 5.82. The van der Waals surface area contributed by atoms with Crippen molar-refractivity contribution >= 4 is 28.1 Å². The van der Waals surface area contributed by atoms with E-state index in [4.69, 9.17) is 14.8 Å². The van der Waals surface area contributed by atoms with Crippen molar-refractivity contribution in [2.24, 2.45) is 0 Å². The zero-order valence-electron chi connectivity index (χ0n) is 20.0. The van der Waals surface area contributed by atoms with E-state index in [0.717, 1.165) is 59.6 Å². The molecule has 1 saturated heterocycles. The number of carbonyl (C=O) groups is 1. The number of nitrogens with zero attached hydrogens (tertiary/aromatic N) is 5. The Hall–Kier alpha value is -4.24. The molecule has 9 heteroatoms. The topological polar surface area (TPSA) is 98.4 Å². The van der Waals surface area contributed by atoms with Crippen molar-refractivity contribution in [2.75, 3.05) is 18.4 Å². The Morgan fingerprint density at radius 3 is 2.94 bits per heavy atom. The second-order valence-electron chi connectivity index (χ2n) is 8.88. The Morgan fingerprint density at radius 1 is 1.17 bits per heavy atom. The van der Waals surface area contributed by atoms with Crippen LogP contribution in [0.4, 0.5) is 5.69 Å². The van der Waals surface area contributed by atoms with E-state index in [-0.39, 0.29) is 12.0 Å². The summed E-state index contributed by atoms with van der Waals surface area (Å²) in [5.74, 6) is 0.415. The molecular formula is C27H27N7O2. The molecule has 1 aliphatic heterocycles.